The first-order chi connectivity index (χ1) is 13.4. The number of aryl methyl sites for hydroxylation is 1. The van der Waals surface area contributed by atoms with E-state index in [4.69, 9.17) is 0 Å². The Bertz CT molecular complexity index is 957. The van der Waals surface area contributed by atoms with Crippen molar-refractivity contribution < 1.29 is 14.2 Å². The fourth-order valence-corrected chi connectivity index (χ4v) is 3.07. The SMILES string of the molecule is Cc1cc(N2CCCC2)c(F)cc1C=NNc1ccc([N+](=O)[O-])cc1[N+](=O)[O-]. The van der Waals surface area contributed by atoms with Gasteiger partial charge in [-0.2, -0.15) is 5.10 Å². The number of hydrogen-bond acceptors (Lipinski definition) is 7. The molecule has 1 aliphatic heterocycles. The molecule has 0 bridgehead atoms. The van der Waals surface area contributed by atoms with Crippen LogP contribution in [0.5, 0.6) is 0 Å². The van der Waals surface area contributed by atoms with E-state index in [1.54, 1.807) is 6.07 Å². The predicted octanol–water partition coefficient (Wildman–Crippen LogP) is 4.00. The van der Waals surface area contributed by atoms with Gasteiger partial charge in [-0.25, -0.2) is 4.39 Å². The van der Waals surface area contributed by atoms with Crippen LogP contribution in [0.3, 0.4) is 0 Å². The third-order valence-electron chi connectivity index (χ3n) is 4.56. The van der Waals surface area contributed by atoms with Gasteiger partial charge in [-0.15, -0.1) is 0 Å². The number of anilines is 2. The van der Waals surface area contributed by atoms with Crippen LogP contribution in [0, 0.1) is 33.0 Å². The summed E-state index contributed by atoms with van der Waals surface area (Å²) in [6.07, 6.45) is 3.44. The predicted molar refractivity (Wildman–Crippen MR) is 104 cm³/mol. The van der Waals surface area contributed by atoms with Crippen LogP contribution in [0.15, 0.2) is 35.4 Å². The lowest BCUT2D eigenvalue weighted by atomic mass is 10.1. The summed E-state index contributed by atoms with van der Waals surface area (Å²) in [4.78, 5) is 22.5. The Morgan fingerprint density at radius 2 is 1.86 bits per heavy atom. The van der Waals surface area contributed by atoms with E-state index in [2.05, 4.69) is 10.5 Å². The van der Waals surface area contributed by atoms with Gasteiger partial charge < -0.3 is 4.90 Å². The Morgan fingerprint density at radius 3 is 2.50 bits per heavy atom. The number of hydrogen-bond donors (Lipinski definition) is 1. The van der Waals surface area contributed by atoms with Crippen LogP contribution in [0.25, 0.3) is 0 Å². The number of nitrogens with zero attached hydrogens (tertiary/aromatic N) is 4. The van der Waals surface area contributed by atoms with Crippen molar-refractivity contribution in [1.82, 2.24) is 0 Å². The maximum absolute atomic E-state index is 14.4. The zero-order valence-electron chi connectivity index (χ0n) is 15.1. The number of halogens is 1. The molecule has 9 nitrogen and oxygen atoms in total. The van der Waals surface area contributed by atoms with Crippen molar-refractivity contribution >= 4 is 29.0 Å². The van der Waals surface area contributed by atoms with E-state index >= 15 is 0 Å². The zero-order chi connectivity index (χ0) is 20.3. The van der Waals surface area contributed by atoms with Crippen LogP contribution < -0.4 is 10.3 Å². The molecule has 0 saturated carbocycles. The Hall–Kier alpha value is -3.56. The normalized spacial score (nSPS) is 13.9. The minimum atomic E-state index is -0.736. The van der Waals surface area contributed by atoms with E-state index in [0.717, 1.165) is 43.6 Å². The highest BCUT2D eigenvalue weighted by atomic mass is 19.1. The molecule has 2 aromatic carbocycles. The lowest BCUT2D eigenvalue weighted by Crippen LogP contribution is -2.19. The van der Waals surface area contributed by atoms with Crippen molar-refractivity contribution in [1.29, 1.82) is 0 Å². The molecule has 1 aliphatic rings. The topological polar surface area (TPSA) is 114 Å². The molecule has 0 unspecified atom stereocenters. The van der Waals surface area contributed by atoms with Gasteiger partial charge in [-0.05, 0) is 43.5 Å². The summed E-state index contributed by atoms with van der Waals surface area (Å²) < 4.78 is 14.4. The Morgan fingerprint density at radius 1 is 1.14 bits per heavy atom. The molecular formula is C18H18FN5O4. The standard InChI is InChI=1S/C18H18FN5O4/c1-12-8-17(22-6-2-3-7-22)15(19)9-13(12)11-20-21-16-5-4-14(23(25)26)10-18(16)24(27)28/h4-5,8-11,21H,2-3,6-7H2,1H3. The molecule has 1 N–H and O–H groups in total. The summed E-state index contributed by atoms with van der Waals surface area (Å²) in [5.74, 6) is -0.352. The van der Waals surface area contributed by atoms with Gasteiger partial charge in [-0.3, -0.25) is 25.7 Å². The first-order valence-electron chi connectivity index (χ1n) is 8.64. The first kappa shape index (κ1) is 19.2. The van der Waals surface area contributed by atoms with Crippen LogP contribution in [0.2, 0.25) is 0 Å². The zero-order valence-corrected chi connectivity index (χ0v) is 15.1. The summed E-state index contributed by atoms with van der Waals surface area (Å²) in [6.45, 7) is 3.49. The molecule has 28 heavy (non-hydrogen) atoms. The van der Waals surface area contributed by atoms with Gasteiger partial charge >= 0.3 is 5.69 Å². The molecular weight excluding hydrogens is 369 g/mol. The smallest absolute Gasteiger partial charge is 0.301 e. The molecule has 3 rings (SSSR count). The van der Waals surface area contributed by atoms with Crippen molar-refractivity contribution in [3.05, 3.63) is 67.5 Å². The fraction of sp³-hybridized carbons (Fsp3) is 0.278. The molecule has 0 aromatic heterocycles. The highest BCUT2D eigenvalue weighted by molar-refractivity contribution is 5.83. The molecule has 0 aliphatic carbocycles. The van der Waals surface area contributed by atoms with Gasteiger partial charge in [0.25, 0.3) is 5.69 Å². The van der Waals surface area contributed by atoms with Crippen molar-refractivity contribution in [2.24, 2.45) is 5.10 Å². The fourth-order valence-electron chi connectivity index (χ4n) is 3.07. The van der Waals surface area contributed by atoms with Crippen LogP contribution >= 0.6 is 0 Å². The van der Waals surface area contributed by atoms with Gasteiger partial charge in [-0.1, -0.05) is 0 Å². The van der Waals surface area contributed by atoms with Crippen molar-refractivity contribution in [2.75, 3.05) is 23.4 Å². The second-order valence-electron chi connectivity index (χ2n) is 6.44. The summed E-state index contributed by atoms with van der Waals surface area (Å²) in [7, 11) is 0. The maximum Gasteiger partial charge on any atom is 0.301 e. The van der Waals surface area contributed by atoms with Gasteiger partial charge in [0.1, 0.15) is 11.5 Å². The van der Waals surface area contributed by atoms with Crippen LogP contribution in [0.1, 0.15) is 24.0 Å². The van der Waals surface area contributed by atoms with Crippen molar-refractivity contribution in [3.63, 3.8) is 0 Å². The highest BCUT2D eigenvalue weighted by Crippen LogP contribution is 2.29. The van der Waals surface area contributed by atoms with Crippen molar-refractivity contribution in [3.8, 4) is 0 Å². The molecule has 0 atom stereocenters. The van der Waals surface area contributed by atoms with Crippen LogP contribution in [0.4, 0.5) is 27.1 Å². The number of nitro benzene ring substituents is 2. The quantitative estimate of drug-likeness (QED) is 0.455. The number of benzene rings is 2. The Labute approximate surface area is 159 Å². The molecule has 10 heteroatoms. The molecule has 0 spiro atoms. The molecule has 0 amide bonds. The molecule has 1 heterocycles. The number of non-ortho nitro benzene ring substituents is 1. The van der Waals surface area contributed by atoms with Gasteiger partial charge in [0, 0.05) is 24.7 Å². The van der Waals surface area contributed by atoms with E-state index < -0.39 is 21.2 Å². The second kappa shape index (κ2) is 7.99. The maximum atomic E-state index is 14.4. The third kappa shape index (κ3) is 4.05. The average Bonchev–Trinajstić information content (AvgIpc) is 3.18. The molecule has 2 aromatic rings. The summed E-state index contributed by atoms with van der Waals surface area (Å²) in [6, 6.07) is 6.33. The van der Waals surface area contributed by atoms with Crippen LogP contribution in [-0.4, -0.2) is 29.2 Å². The summed E-state index contributed by atoms with van der Waals surface area (Å²) in [5, 5.41) is 25.8. The van der Waals surface area contributed by atoms with Crippen molar-refractivity contribution in [2.45, 2.75) is 19.8 Å². The van der Waals surface area contributed by atoms with Gasteiger partial charge in [0.2, 0.25) is 0 Å². The van der Waals surface area contributed by atoms with Gasteiger partial charge in [0.15, 0.2) is 0 Å². The lowest BCUT2D eigenvalue weighted by Gasteiger charge is -2.19. The minimum Gasteiger partial charge on any atom is -0.369 e. The van der Waals surface area contributed by atoms with Crippen LogP contribution in [-0.2, 0) is 0 Å². The average molecular weight is 387 g/mol. The number of nitrogens with one attached hydrogen (secondary N) is 1. The largest absolute Gasteiger partial charge is 0.369 e. The number of nitro groups is 2. The highest BCUT2D eigenvalue weighted by Gasteiger charge is 2.19. The van der Waals surface area contributed by atoms with E-state index in [9.17, 15) is 24.6 Å². The molecule has 1 fully saturated rings. The minimum absolute atomic E-state index is 0.00124. The monoisotopic (exact) mass is 387 g/mol. The summed E-state index contributed by atoms with van der Waals surface area (Å²) >= 11 is 0. The Balaban J connectivity index is 1.80. The lowest BCUT2D eigenvalue weighted by molar-refractivity contribution is -0.393. The van der Waals surface area contributed by atoms with E-state index in [-0.39, 0.29) is 11.5 Å². The van der Waals surface area contributed by atoms with E-state index in [1.807, 2.05) is 11.8 Å². The first-order valence-corrected chi connectivity index (χ1v) is 8.64. The van der Waals surface area contributed by atoms with E-state index in [0.29, 0.717) is 11.3 Å². The molecule has 0 radical (unpaired) electrons. The van der Waals surface area contributed by atoms with Gasteiger partial charge in [0.05, 0.1) is 27.8 Å². The second-order valence-corrected chi connectivity index (χ2v) is 6.44. The van der Waals surface area contributed by atoms with E-state index in [1.165, 1.54) is 18.3 Å². The molecule has 146 valence electrons. The molecule has 1 saturated heterocycles. The number of rotatable bonds is 6. The third-order valence-corrected chi connectivity index (χ3v) is 4.56. The summed E-state index contributed by atoms with van der Waals surface area (Å²) in [5.41, 5.74) is 3.53. The Kier molecular flexibility index (Phi) is 5.48. The number of hydrazone groups is 1.